The summed E-state index contributed by atoms with van der Waals surface area (Å²) in [6.45, 7) is 14.4. The highest BCUT2D eigenvalue weighted by atomic mass is 35.5. The Morgan fingerprint density at radius 1 is 0.875 bits per heavy atom. The molecule has 0 spiro atoms. The fourth-order valence-electron chi connectivity index (χ4n) is 6.91. The number of unbranched alkanes of at least 4 members (excludes halogenated alkanes) is 3. The van der Waals surface area contributed by atoms with E-state index >= 15 is 0 Å². The van der Waals surface area contributed by atoms with Gasteiger partial charge in [0.1, 0.15) is 6.54 Å². The summed E-state index contributed by atoms with van der Waals surface area (Å²) in [5.74, 6) is 0.315. The van der Waals surface area contributed by atoms with Gasteiger partial charge >= 0.3 is 0 Å². The first-order valence-corrected chi connectivity index (χ1v) is 17.9. The van der Waals surface area contributed by atoms with Gasteiger partial charge in [-0.2, -0.15) is 19.5 Å². The van der Waals surface area contributed by atoms with Crippen LogP contribution in [-0.4, -0.2) is 57.3 Å². The van der Waals surface area contributed by atoms with E-state index in [1.807, 2.05) is 0 Å². The number of benzene rings is 2. The summed E-state index contributed by atoms with van der Waals surface area (Å²) < 4.78 is 2.49. The van der Waals surface area contributed by atoms with E-state index in [1.165, 1.54) is 40.3 Å². The zero-order valence-corrected chi connectivity index (χ0v) is 30.3. The van der Waals surface area contributed by atoms with Crippen molar-refractivity contribution in [3.8, 4) is 0 Å². The Morgan fingerprint density at radius 2 is 1.58 bits per heavy atom. The summed E-state index contributed by atoms with van der Waals surface area (Å²) in [6.07, 6.45) is 12.5. The van der Waals surface area contributed by atoms with Crippen LogP contribution in [0.4, 0.5) is 17.3 Å². The van der Waals surface area contributed by atoms with Crippen LogP contribution in [0.5, 0.6) is 0 Å². The predicted molar refractivity (Wildman–Crippen MR) is 198 cm³/mol. The van der Waals surface area contributed by atoms with Crippen molar-refractivity contribution in [2.75, 3.05) is 36.4 Å². The lowest BCUT2D eigenvalue weighted by atomic mass is 9.81. The number of carbonyl (C=O) groups excluding carboxylic acids is 1. The minimum absolute atomic E-state index is 0.0224. The Labute approximate surface area is 295 Å². The average molecular weight is 690 g/mol. The summed E-state index contributed by atoms with van der Waals surface area (Å²) in [6, 6.07) is 17.6. The van der Waals surface area contributed by atoms with Gasteiger partial charge in [-0.1, -0.05) is 69.7 Å². The van der Waals surface area contributed by atoms with Crippen molar-refractivity contribution in [2.24, 2.45) is 0 Å². The molecule has 48 heavy (non-hydrogen) atoms. The first-order valence-electron chi connectivity index (χ1n) is 17.1. The van der Waals surface area contributed by atoms with E-state index in [1.54, 1.807) is 0 Å². The zero-order valence-electron chi connectivity index (χ0n) is 28.8. The monoisotopic (exact) mass is 688 g/mol. The molecule has 0 saturated carbocycles. The zero-order chi connectivity index (χ0) is 34.3. The van der Waals surface area contributed by atoms with E-state index in [0.717, 1.165) is 38.8 Å². The lowest BCUT2D eigenvalue weighted by Gasteiger charge is -2.27. The smallest absolute Gasteiger partial charge is 0.228 e. The quantitative estimate of drug-likeness (QED) is 0.123. The van der Waals surface area contributed by atoms with Crippen LogP contribution in [0, 0.1) is 0 Å². The number of carbonyl (C=O) groups is 1. The number of rotatable bonds is 15. The molecule has 2 aliphatic heterocycles. The maximum atomic E-state index is 12.5. The second-order valence-corrected chi connectivity index (χ2v) is 14.2. The van der Waals surface area contributed by atoms with Gasteiger partial charge in [-0.25, -0.2) is 0 Å². The summed E-state index contributed by atoms with van der Waals surface area (Å²) in [4.78, 5) is 26.6. The molecule has 0 bridgehead atoms. The Hall–Kier alpha value is -3.75. The highest BCUT2D eigenvalue weighted by molar-refractivity contribution is 6.31. The van der Waals surface area contributed by atoms with Gasteiger partial charge in [0.15, 0.2) is 5.71 Å². The fraction of sp³-hybridized carbons (Fsp3) is 0.447. The van der Waals surface area contributed by atoms with E-state index < -0.39 is 0 Å². The molecule has 3 aromatic rings. The van der Waals surface area contributed by atoms with Gasteiger partial charge in [-0.15, -0.1) is 0 Å². The molecule has 5 rings (SSSR count). The third-order valence-electron chi connectivity index (χ3n) is 9.44. The molecule has 8 nitrogen and oxygen atoms in total. The molecule has 1 aromatic heterocycles. The Morgan fingerprint density at radius 3 is 2.33 bits per heavy atom. The van der Waals surface area contributed by atoms with Crippen molar-refractivity contribution in [3.05, 3.63) is 94.2 Å². The highest BCUT2D eigenvalue weighted by Gasteiger charge is 2.44. The Balaban J connectivity index is 1.21. The molecule has 3 heterocycles. The lowest BCUT2D eigenvalue weighted by Crippen LogP contribution is -2.29. The molecule has 2 aromatic carbocycles. The molecule has 10 heteroatoms. The third kappa shape index (κ3) is 7.92. The van der Waals surface area contributed by atoms with Gasteiger partial charge < -0.3 is 15.5 Å². The summed E-state index contributed by atoms with van der Waals surface area (Å²) in [7, 11) is 0. The molecule has 0 unspecified atom stereocenters. The van der Waals surface area contributed by atoms with Crippen LogP contribution < -0.4 is 15.5 Å². The molecule has 1 amide bonds. The second-order valence-electron chi connectivity index (χ2n) is 13.5. The first-order chi connectivity index (χ1) is 23.0. The van der Waals surface area contributed by atoms with Crippen molar-refractivity contribution in [3.63, 3.8) is 0 Å². The van der Waals surface area contributed by atoms with Gasteiger partial charge in [0.2, 0.25) is 28.1 Å². The van der Waals surface area contributed by atoms with Crippen LogP contribution in [0.2, 0.25) is 10.6 Å². The minimum atomic E-state index is -0.118. The van der Waals surface area contributed by atoms with E-state index in [9.17, 15) is 4.79 Å². The van der Waals surface area contributed by atoms with Gasteiger partial charge in [-0.05, 0) is 74.0 Å². The molecule has 2 aliphatic rings. The van der Waals surface area contributed by atoms with E-state index in [2.05, 4.69) is 136 Å². The molecule has 0 aliphatic carbocycles. The number of anilines is 2. The number of hydrogen-bond donors (Lipinski definition) is 2. The van der Waals surface area contributed by atoms with Crippen molar-refractivity contribution in [1.29, 1.82) is 0 Å². The van der Waals surface area contributed by atoms with Gasteiger partial charge in [0.05, 0.1) is 5.41 Å². The fourth-order valence-corrected chi connectivity index (χ4v) is 7.28. The molecular weight excluding hydrogens is 641 g/mol. The molecular formula is C38H48Cl2N7O+. The van der Waals surface area contributed by atoms with Crippen molar-refractivity contribution in [2.45, 2.75) is 84.0 Å². The van der Waals surface area contributed by atoms with Crippen LogP contribution in [0.15, 0.2) is 72.5 Å². The number of halogens is 2. The predicted octanol–water partition coefficient (Wildman–Crippen LogP) is 8.38. The van der Waals surface area contributed by atoms with Crippen molar-refractivity contribution in [1.82, 2.24) is 20.3 Å². The standard InChI is InChI=1S/C38H47Cl2N7O/c1-6-7-25-46-29-18-12-10-16-27(29)37(2,3)31(46)20-15-21-32-38(4,5)28-17-11-13-19-30(28)47(32)26-14-8-9-22-33(48)41-23-24-42-36-44-34(39)43-35(40)45-36/h10-13,15-21H,6-9,14,22-26H2,1-5H3,(H-,41,42,43,44,45,48)/p+1. The van der Waals surface area contributed by atoms with Crippen molar-refractivity contribution < 1.29 is 9.37 Å². The number of aromatic nitrogens is 3. The highest BCUT2D eigenvalue weighted by Crippen LogP contribution is 2.47. The molecule has 0 fully saturated rings. The number of hydrogen-bond acceptors (Lipinski definition) is 6. The van der Waals surface area contributed by atoms with Gasteiger partial charge in [-0.3, -0.25) is 4.79 Å². The number of nitrogens with zero attached hydrogens (tertiary/aromatic N) is 5. The number of para-hydroxylation sites is 2. The molecule has 0 radical (unpaired) electrons. The first kappa shape index (κ1) is 35.6. The Bertz CT molecular complexity index is 1690. The summed E-state index contributed by atoms with van der Waals surface area (Å²) >= 11 is 11.6. The number of nitrogens with one attached hydrogen (secondary N) is 2. The maximum Gasteiger partial charge on any atom is 0.228 e. The number of amides is 1. The van der Waals surface area contributed by atoms with Crippen LogP contribution in [0.3, 0.4) is 0 Å². The lowest BCUT2D eigenvalue weighted by molar-refractivity contribution is -0.438. The Kier molecular flexibility index (Phi) is 11.6. The second kappa shape index (κ2) is 15.6. The summed E-state index contributed by atoms with van der Waals surface area (Å²) in [5.41, 5.74) is 7.83. The van der Waals surface area contributed by atoms with Crippen LogP contribution in [0.1, 0.15) is 84.3 Å². The topological polar surface area (TPSA) is 86.0 Å². The van der Waals surface area contributed by atoms with E-state index in [0.29, 0.717) is 19.5 Å². The van der Waals surface area contributed by atoms with Crippen molar-refractivity contribution >= 4 is 52.1 Å². The largest absolute Gasteiger partial charge is 0.354 e. The van der Waals surface area contributed by atoms with Gasteiger partial charge in [0.25, 0.3) is 0 Å². The average Bonchev–Trinajstić information content (AvgIpc) is 3.40. The molecule has 0 atom stereocenters. The van der Waals surface area contributed by atoms with Gasteiger partial charge in [0, 0.05) is 67.0 Å². The number of fused-ring (bicyclic) bond motifs is 2. The third-order valence-corrected chi connectivity index (χ3v) is 9.78. The van der Waals surface area contributed by atoms with E-state index in [4.69, 9.17) is 23.2 Å². The van der Waals surface area contributed by atoms with Crippen LogP contribution >= 0.6 is 23.2 Å². The number of allylic oxidation sites excluding steroid dienone is 4. The molecule has 0 saturated heterocycles. The SMILES string of the molecule is CCCCN1C(=CC=CC2=[N+](CCCCCC(=O)NCCNc3nc(Cl)nc(Cl)n3)c3ccccc3C2(C)C)C(C)(C)c2ccccc21. The van der Waals surface area contributed by atoms with Crippen LogP contribution in [-0.2, 0) is 15.6 Å². The summed E-state index contributed by atoms with van der Waals surface area (Å²) in [5, 5.41) is 5.98. The normalized spacial score (nSPS) is 16.9. The molecule has 254 valence electrons. The van der Waals surface area contributed by atoms with E-state index in [-0.39, 0.29) is 33.3 Å². The maximum absolute atomic E-state index is 12.5. The molecule has 2 N–H and O–H groups in total. The minimum Gasteiger partial charge on any atom is -0.354 e. The van der Waals surface area contributed by atoms with Crippen LogP contribution in [0.25, 0.3) is 0 Å².